The van der Waals surface area contributed by atoms with Crippen LogP contribution in [0, 0.1) is 11.7 Å². The quantitative estimate of drug-likeness (QED) is 0.636. The van der Waals surface area contributed by atoms with Gasteiger partial charge < -0.3 is 20.6 Å². The summed E-state index contributed by atoms with van der Waals surface area (Å²) >= 11 is 5.92. The molecule has 158 valence electrons. The highest BCUT2D eigenvalue weighted by atomic mass is 35.5. The highest BCUT2D eigenvalue weighted by Crippen LogP contribution is 2.33. The third-order valence-corrected chi connectivity index (χ3v) is 6.12. The molecule has 6 nitrogen and oxygen atoms in total. The fourth-order valence-corrected chi connectivity index (χ4v) is 4.36. The Morgan fingerprint density at radius 1 is 1.13 bits per heavy atom. The second kappa shape index (κ2) is 8.52. The number of nitrogens with one attached hydrogen (secondary N) is 2. The molecule has 0 saturated carbocycles. The number of rotatable bonds is 3. The molecule has 3 amide bonds. The van der Waals surface area contributed by atoms with Crippen molar-refractivity contribution >= 4 is 29.2 Å². The number of hydrogen-bond acceptors (Lipinski definition) is 3. The van der Waals surface area contributed by atoms with E-state index in [1.807, 2.05) is 6.07 Å². The van der Waals surface area contributed by atoms with Crippen molar-refractivity contribution in [1.29, 1.82) is 0 Å². The van der Waals surface area contributed by atoms with Gasteiger partial charge in [-0.05, 0) is 61.1 Å². The third kappa shape index (κ3) is 4.21. The predicted molar refractivity (Wildman–Crippen MR) is 112 cm³/mol. The Kier molecular flexibility index (Phi) is 5.81. The number of halogens is 2. The molecule has 1 heterocycles. The Morgan fingerprint density at radius 3 is 2.67 bits per heavy atom. The lowest BCUT2D eigenvalue weighted by Gasteiger charge is -2.32. The summed E-state index contributed by atoms with van der Waals surface area (Å²) < 4.78 is 13.9. The maximum Gasteiger partial charge on any atom is 0.317 e. The number of aromatic hydroxyl groups is 1. The van der Waals surface area contributed by atoms with Gasteiger partial charge in [0.05, 0.1) is 11.7 Å². The molecule has 4 rings (SSSR count). The van der Waals surface area contributed by atoms with Crippen molar-refractivity contribution in [1.82, 2.24) is 10.2 Å². The molecular formula is C22H23ClFN3O3. The first kappa shape index (κ1) is 20.5. The summed E-state index contributed by atoms with van der Waals surface area (Å²) in [5, 5.41) is 16.0. The maximum absolute atomic E-state index is 13.9. The maximum atomic E-state index is 13.9. The van der Waals surface area contributed by atoms with E-state index in [0.29, 0.717) is 49.4 Å². The van der Waals surface area contributed by atoms with Crippen LogP contribution in [0.4, 0.5) is 14.9 Å². The summed E-state index contributed by atoms with van der Waals surface area (Å²) in [5.41, 5.74) is 1.81. The molecule has 0 spiro atoms. The summed E-state index contributed by atoms with van der Waals surface area (Å²) in [6, 6.07) is 9.07. The number of carbonyl (C=O) groups excluding carboxylic acids is 2. The summed E-state index contributed by atoms with van der Waals surface area (Å²) in [7, 11) is 0. The van der Waals surface area contributed by atoms with Crippen molar-refractivity contribution in [3.05, 3.63) is 58.4 Å². The van der Waals surface area contributed by atoms with Gasteiger partial charge in [0.15, 0.2) is 0 Å². The van der Waals surface area contributed by atoms with Crippen LogP contribution in [0.15, 0.2) is 36.4 Å². The average molecular weight is 432 g/mol. The van der Waals surface area contributed by atoms with Crippen molar-refractivity contribution in [3.8, 4) is 5.75 Å². The Morgan fingerprint density at radius 2 is 1.90 bits per heavy atom. The van der Waals surface area contributed by atoms with Crippen molar-refractivity contribution in [2.45, 2.75) is 31.7 Å². The van der Waals surface area contributed by atoms with Gasteiger partial charge in [-0.1, -0.05) is 23.7 Å². The molecule has 2 aliphatic rings. The first-order valence-electron chi connectivity index (χ1n) is 10.0. The molecule has 1 aliphatic carbocycles. The van der Waals surface area contributed by atoms with E-state index < -0.39 is 0 Å². The molecule has 1 aliphatic heterocycles. The fraction of sp³-hybridized carbons (Fsp3) is 0.364. The largest absolute Gasteiger partial charge is 0.506 e. The number of phenolic OH excluding ortho intramolecular Hbond substituents is 1. The van der Waals surface area contributed by atoms with Crippen molar-refractivity contribution in [2.24, 2.45) is 5.92 Å². The molecule has 0 bridgehead atoms. The van der Waals surface area contributed by atoms with Gasteiger partial charge in [0.1, 0.15) is 11.6 Å². The fourth-order valence-electron chi connectivity index (χ4n) is 4.19. The van der Waals surface area contributed by atoms with E-state index in [2.05, 4.69) is 10.6 Å². The number of hydrogen-bond donors (Lipinski definition) is 3. The monoisotopic (exact) mass is 431 g/mol. The van der Waals surface area contributed by atoms with Crippen LogP contribution < -0.4 is 10.6 Å². The Hall–Kier alpha value is -2.80. The third-order valence-electron chi connectivity index (χ3n) is 5.88. The van der Waals surface area contributed by atoms with E-state index in [-0.39, 0.29) is 41.2 Å². The van der Waals surface area contributed by atoms with Crippen molar-refractivity contribution in [2.75, 3.05) is 18.4 Å². The van der Waals surface area contributed by atoms with E-state index in [0.717, 1.165) is 5.56 Å². The number of benzene rings is 2. The minimum atomic E-state index is -0.256. The summed E-state index contributed by atoms with van der Waals surface area (Å²) in [4.78, 5) is 26.9. The highest BCUT2D eigenvalue weighted by molar-refractivity contribution is 6.31. The number of amides is 3. The molecule has 0 unspecified atom stereocenters. The lowest BCUT2D eigenvalue weighted by Crippen LogP contribution is -2.46. The number of nitrogens with zero attached hydrogens (tertiary/aromatic N) is 1. The number of anilines is 1. The molecule has 1 atom stereocenters. The number of piperidine rings is 1. The van der Waals surface area contributed by atoms with Gasteiger partial charge in [-0.25, -0.2) is 9.18 Å². The standard InChI is InChI=1S/C22H23ClFN3O3/c23-14-4-7-20(28)19(12-14)25-21(29)13-8-10-27(11-9-13)22(30)26-18-6-5-15-16(18)2-1-3-17(15)24/h1-4,7,12-13,18,28H,5-6,8-11H2,(H,25,29)(H,26,30)/t18-/m0/s1. The zero-order valence-corrected chi connectivity index (χ0v) is 17.1. The van der Waals surface area contributed by atoms with E-state index >= 15 is 0 Å². The average Bonchev–Trinajstić information content (AvgIpc) is 3.15. The number of carbonyl (C=O) groups is 2. The normalized spacial score (nSPS) is 18.7. The van der Waals surface area contributed by atoms with Crippen LogP contribution in [0.2, 0.25) is 5.02 Å². The Labute approximate surface area is 179 Å². The highest BCUT2D eigenvalue weighted by Gasteiger charge is 2.31. The van der Waals surface area contributed by atoms with E-state index in [4.69, 9.17) is 11.6 Å². The van der Waals surface area contributed by atoms with Crippen LogP contribution in [-0.2, 0) is 11.2 Å². The molecular weight excluding hydrogens is 409 g/mol. The minimum Gasteiger partial charge on any atom is -0.506 e. The Balaban J connectivity index is 1.30. The predicted octanol–water partition coefficient (Wildman–Crippen LogP) is 4.23. The van der Waals surface area contributed by atoms with Gasteiger partial charge >= 0.3 is 6.03 Å². The molecule has 0 radical (unpaired) electrons. The van der Waals surface area contributed by atoms with Crippen molar-refractivity contribution < 1.29 is 19.1 Å². The molecule has 8 heteroatoms. The molecule has 2 aromatic carbocycles. The van der Waals surface area contributed by atoms with Gasteiger partial charge in [0.25, 0.3) is 0 Å². The van der Waals surface area contributed by atoms with Gasteiger partial charge in [0, 0.05) is 24.0 Å². The van der Waals surface area contributed by atoms with Gasteiger partial charge in [-0.15, -0.1) is 0 Å². The van der Waals surface area contributed by atoms with E-state index in [1.54, 1.807) is 17.0 Å². The lowest BCUT2D eigenvalue weighted by molar-refractivity contribution is -0.121. The molecule has 30 heavy (non-hydrogen) atoms. The molecule has 1 saturated heterocycles. The van der Waals surface area contributed by atoms with E-state index in [1.165, 1.54) is 18.2 Å². The topological polar surface area (TPSA) is 81.7 Å². The zero-order chi connectivity index (χ0) is 21.3. The van der Waals surface area contributed by atoms with Crippen LogP contribution in [-0.4, -0.2) is 35.0 Å². The summed E-state index contributed by atoms with van der Waals surface area (Å²) in [6.07, 6.45) is 2.35. The zero-order valence-electron chi connectivity index (χ0n) is 16.3. The van der Waals surface area contributed by atoms with Gasteiger partial charge in [0.2, 0.25) is 5.91 Å². The SMILES string of the molecule is O=C(Nc1cc(Cl)ccc1O)C1CCN(C(=O)N[C@H]2CCc3c(F)cccc32)CC1. The van der Waals surface area contributed by atoms with Gasteiger partial charge in [-0.3, -0.25) is 4.79 Å². The Bertz CT molecular complexity index is 976. The first-order valence-corrected chi connectivity index (χ1v) is 10.4. The number of likely N-dealkylation sites (tertiary alicyclic amines) is 1. The van der Waals surface area contributed by atoms with Gasteiger partial charge in [-0.2, -0.15) is 0 Å². The minimum absolute atomic E-state index is 0.0437. The second-order valence-electron chi connectivity index (χ2n) is 7.76. The number of fused-ring (bicyclic) bond motifs is 1. The van der Waals surface area contributed by atoms with E-state index in [9.17, 15) is 19.1 Å². The molecule has 1 fully saturated rings. The second-order valence-corrected chi connectivity index (χ2v) is 8.20. The molecule has 3 N–H and O–H groups in total. The molecule has 0 aromatic heterocycles. The smallest absolute Gasteiger partial charge is 0.317 e. The van der Waals surface area contributed by atoms with Crippen LogP contribution in [0.3, 0.4) is 0 Å². The number of phenols is 1. The lowest BCUT2D eigenvalue weighted by atomic mass is 9.96. The van der Waals surface area contributed by atoms with Crippen LogP contribution in [0.1, 0.15) is 36.4 Å². The molecule has 2 aromatic rings. The summed E-state index contributed by atoms with van der Waals surface area (Å²) in [5.74, 6) is -0.721. The van der Waals surface area contributed by atoms with Crippen LogP contribution in [0.25, 0.3) is 0 Å². The van der Waals surface area contributed by atoms with Crippen LogP contribution in [0.5, 0.6) is 5.75 Å². The number of urea groups is 1. The first-order chi connectivity index (χ1) is 14.4. The summed E-state index contributed by atoms with van der Waals surface area (Å²) in [6.45, 7) is 0.905. The van der Waals surface area contributed by atoms with Crippen molar-refractivity contribution in [3.63, 3.8) is 0 Å². The van der Waals surface area contributed by atoms with Crippen LogP contribution >= 0.6 is 11.6 Å².